The van der Waals surface area contributed by atoms with Crippen LogP contribution in [-0.4, -0.2) is 40.3 Å². The number of hydrogen-bond donors (Lipinski definition) is 2. The minimum Gasteiger partial charge on any atom is -0.476 e. The molecule has 0 aliphatic heterocycles. The standard InChI is InChI=1S/C4H6BIO6/c6-1-2-11-3(7)4(8)12-5(9)10/h9-10H,1-2H2. The molecule has 0 saturated heterocycles. The van der Waals surface area contributed by atoms with Gasteiger partial charge in [0.15, 0.2) is 0 Å². The van der Waals surface area contributed by atoms with Gasteiger partial charge in [0.05, 0.1) is 0 Å². The van der Waals surface area contributed by atoms with Crippen molar-refractivity contribution < 1.29 is 29.0 Å². The molecule has 0 aromatic heterocycles. The van der Waals surface area contributed by atoms with E-state index in [4.69, 9.17) is 10.0 Å². The summed E-state index contributed by atoms with van der Waals surface area (Å²) in [4.78, 5) is 21.0. The second kappa shape index (κ2) is 6.20. The predicted molar refractivity (Wildman–Crippen MR) is 46.1 cm³/mol. The first-order chi connectivity index (χ1) is 5.57. The number of hydrogen-bond acceptors (Lipinski definition) is 6. The maximum atomic E-state index is 10.5. The summed E-state index contributed by atoms with van der Waals surface area (Å²) in [6.07, 6.45) is 0. The van der Waals surface area contributed by atoms with Gasteiger partial charge in [-0.2, -0.15) is 0 Å². The molecule has 0 aliphatic rings. The van der Waals surface area contributed by atoms with Crippen molar-refractivity contribution in [3.63, 3.8) is 0 Å². The molecule has 0 aliphatic carbocycles. The highest BCUT2D eigenvalue weighted by atomic mass is 127. The van der Waals surface area contributed by atoms with Crippen molar-refractivity contribution >= 4 is 41.9 Å². The Hall–Kier alpha value is -0.345. The third-order valence-corrected chi connectivity index (χ3v) is 1.13. The Bertz CT molecular complexity index is 171. The number of esters is 1. The first kappa shape index (κ1) is 11.7. The summed E-state index contributed by atoms with van der Waals surface area (Å²) in [5.41, 5.74) is 0. The lowest BCUT2D eigenvalue weighted by molar-refractivity contribution is -0.163. The molecule has 8 heteroatoms. The fraction of sp³-hybridized carbons (Fsp3) is 0.500. The molecule has 0 amide bonds. The topological polar surface area (TPSA) is 93.1 Å². The summed E-state index contributed by atoms with van der Waals surface area (Å²) in [7, 11) is -2.29. The molecule has 6 nitrogen and oxygen atoms in total. The van der Waals surface area contributed by atoms with E-state index >= 15 is 0 Å². The van der Waals surface area contributed by atoms with Gasteiger partial charge in [-0.05, 0) is 0 Å². The SMILES string of the molecule is O=C(OCCI)C(=O)OB(O)O. The minimum atomic E-state index is -2.29. The molecule has 68 valence electrons. The molecule has 0 rings (SSSR count). The van der Waals surface area contributed by atoms with Crippen molar-refractivity contribution in [1.82, 2.24) is 0 Å². The lowest BCUT2D eigenvalue weighted by atomic mass is 10.3. The minimum absolute atomic E-state index is 0.0794. The van der Waals surface area contributed by atoms with Crippen LogP contribution in [0.2, 0.25) is 0 Å². The molecule has 0 aromatic carbocycles. The van der Waals surface area contributed by atoms with Crippen molar-refractivity contribution in [3.8, 4) is 0 Å². The van der Waals surface area contributed by atoms with E-state index in [2.05, 4.69) is 9.39 Å². The third kappa shape index (κ3) is 5.32. The van der Waals surface area contributed by atoms with Gasteiger partial charge in [0.2, 0.25) is 0 Å². The van der Waals surface area contributed by atoms with Crippen LogP contribution < -0.4 is 0 Å². The average Bonchev–Trinajstić information content (AvgIpc) is 1.98. The molecule has 12 heavy (non-hydrogen) atoms. The van der Waals surface area contributed by atoms with Crippen molar-refractivity contribution in [2.24, 2.45) is 0 Å². The van der Waals surface area contributed by atoms with Gasteiger partial charge in [-0.1, -0.05) is 22.6 Å². The highest BCUT2D eigenvalue weighted by Gasteiger charge is 2.23. The number of ether oxygens (including phenoxy) is 1. The fourth-order valence-corrected chi connectivity index (χ4v) is 0.554. The average molecular weight is 288 g/mol. The number of halogens is 1. The molecule has 2 N–H and O–H groups in total. The number of alkyl halides is 1. The van der Waals surface area contributed by atoms with Crippen molar-refractivity contribution in [1.29, 1.82) is 0 Å². The number of carbonyl (C=O) groups excluding carboxylic acids is 2. The van der Waals surface area contributed by atoms with E-state index in [1.54, 1.807) is 0 Å². The van der Waals surface area contributed by atoms with Crippen LogP contribution in [-0.2, 0) is 19.0 Å². The van der Waals surface area contributed by atoms with Crippen molar-refractivity contribution in [2.75, 3.05) is 11.0 Å². The first-order valence-electron chi connectivity index (χ1n) is 2.87. The van der Waals surface area contributed by atoms with Crippen LogP contribution in [0.15, 0.2) is 0 Å². The van der Waals surface area contributed by atoms with E-state index in [0.29, 0.717) is 4.43 Å². The van der Waals surface area contributed by atoms with Gasteiger partial charge in [0.25, 0.3) is 0 Å². The van der Waals surface area contributed by atoms with Gasteiger partial charge in [-0.15, -0.1) is 0 Å². The van der Waals surface area contributed by atoms with E-state index in [-0.39, 0.29) is 6.61 Å². The zero-order valence-electron chi connectivity index (χ0n) is 5.90. The van der Waals surface area contributed by atoms with Gasteiger partial charge in [0.1, 0.15) is 6.61 Å². The van der Waals surface area contributed by atoms with E-state index in [9.17, 15) is 9.59 Å². The van der Waals surface area contributed by atoms with E-state index in [0.717, 1.165) is 0 Å². The van der Waals surface area contributed by atoms with Crippen LogP contribution in [0.4, 0.5) is 0 Å². The van der Waals surface area contributed by atoms with Crippen molar-refractivity contribution in [2.45, 2.75) is 0 Å². The molecule has 0 unspecified atom stereocenters. The molecule has 0 aromatic rings. The summed E-state index contributed by atoms with van der Waals surface area (Å²) in [5.74, 6) is -2.66. The maximum Gasteiger partial charge on any atom is 0.709 e. The van der Waals surface area contributed by atoms with Gasteiger partial charge < -0.3 is 19.4 Å². The lowest BCUT2D eigenvalue weighted by Gasteiger charge is -2.02. The molecule has 0 radical (unpaired) electrons. The van der Waals surface area contributed by atoms with Crippen LogP contribution in [0.5, 0.6) is 0 Å². The molecule has 0 fully saturated rings. The summed E-state index contributed by atoms with van der Waals surface area (Å²) in [6.45, 7) is 0.0794. The molecular formula is C4H6BIO6. The van der Waals surface area contributed by atoms with E-state index in [1.165, 1.54) is 0 Å². The first-order valence-corrected chi connectivity index (χ1v) is 4.40. The summed E-state index contributed by atoms with van der Waals surface area (Å²) in [6, 6.07) is 0. The number of carbonyl (C=O) groups is 2. The molecule has 0 saturated carbocycles. The van der Waals surface area contributed by atoms with Gasteiger partial charge in [-0.25, -0.2) is 9.59 Å². The highest BCUT2D eigenvalue weighted by molar-refractivity contribution is 14.1. The zero-order valence-corrected chi connectivity index (χ0v) is 8.05. The number of rotatable bonds is 3. The lowest BCUT2D eigenvalue weighted by Crippen LogP contribution is -2.29. The van der Waals surface area contributed by atoms with Gasteiger partial charge >= 0.3 is 19.3 Å². The largest absolute Gasteiger partial charge is 0.709 e. The Kier molecular flexibility index (Phi) is 6.02. The smallest absolute Gasteiger partial charge is 0.476 e. The van der Waals surface area contributed by atoms with E-state index < -0.39 is 19.3 Å². The highest BCUT2D eigenvalue weighted by Crippen LogP contribution is 1.88. The second-order valence-electron chi connectivity index (χ2n) is 1.56. The molecule has 0 heterocycles. The Morgan fingerprint density at radius 2 is 1.92 bits per heavy atom. The quantitative estimate of drug-likeness (QED) is 0.215. The Morgan fingerprint density at radius 3 is 2.33 bits per heavy atom. The molecule has 0 bridgehead atoms. The Morgan fingerprint density at radius 1 is 1.33 bits per heavy atom. The van der Waals surface area contributed by atoms with Crippen LogP contribution in [0.25, 0.3) is 0 Å². The van der Waals surface area contributed by atoms with E-state index in [1.807, 2.05) is 22.6 Å². The molecular weight excluding hydrogens is 282 g/mol. The predicted octanol–water partition coefficient (Wildman–Crippen LogP) is -1.52. The normalized spacial score (nSPS) is 8.92. The Balaban J connectivity index is 3.70. The Labute approximate surface area is 82.2 Å². The zero-order chi connectivity index (χ0) is 9.56. The summed E-state index contributed by atoms with van der Waals surface area (Å²) >= 11 is 1.94. The van der Waals surface area contributed by atoms with Crippen LogP contribution >= 0.6 is 22.6 Å². The van der Waals surface area contributed by atoms with Crippen molar-refractivity contribution in [3.05, 3.63) is 0 Å². The second-order valence-corrected chi connectivity index (χ2v) is 2.64. The van der Waals surface area contributed by atoms with Crippen LogP contribution in [0, 0.1) is 0 Å². The maximum absolute atomic E-state index is 10.5. The summed E-state index contributed by atoms with van der Waals surface area (Å²) < 4.78 is 8.56. The van der Waals surface area contributed by atoms with Crippen LogP contribution in [0.1, 0.15) is 0 Å². The molecule has 0 spiro atoms. The summed E-state index contributed by atoms with van der Waals surface area (Å²) in [5, 5.41) is 16.2. The van der Waals surface area contributed by atoms with Gasteiger partial charge in [0, 0.05) is 4.43 Å². The third-order valence-electron chi connectivity index (χ3n) is 0.689. The van der Waals surface area contributed by atoms with Gasteiger partial charge in [-0.3, -0.25) is 0 Å². The monoisotopic (exact) mass is 288 g/mol. The fourth-order valence-electron chi connectivity index (χ4n) is 0.334. The molecule has 0 atom stereocenters. The van der Waals surface area contributed by atoms with Crippen LogP contribution in [0.3, 0.4) is 0 Å².